The van der Waals surface area contributed by atoms with Gasteiger partial charge in [0.1, 0.15) is 16.3 Å². The molecule has 0 aromatic heterocycles. The Morgan fingerprint density at radius 1 is 1.00 bits per heavy atom. The van der Waals surface area contributed by atoms with Crippen LogP contribution in [0, 0.1) is 0 Å². The lowest BCUT2D eigenvalue weighted by Crippen LogP contribution is -3.18. The fourth-order valence-electron chi connectivity index (χ4n) is 5.03. The molecule has 1 aromatic rings. The van der Waals surface area contributed by atoms with Gasteiger partial charge in [0.25, 0.3) is 0 Å². The SMILES string of the molecule is Cl.Cl.O=C1C(=O)c2ccccc2C2=C1SCC1(CC[NH+](C3CC[NH2+]CC3)CC1)O2. The molecule has 8 heteroatoms. The number of ketones is 2. The van der Waals surface area contributed by atoms with Crippen LogP contribution in [0.2, 0.25) is 0 Å². The molecule has 29 heavy (non-hydrogen) atoms. The van der Waals surface area contributed by atoms with Crippen molar-refractivity contribution in [2.75, 3.05) is 31.9 Å². The molecule has 5 rings (SSSR count). The molecular formula is C21H28Cl2N2O3S+2. The lowest BCUT2D eigenvalue weighted by molar-refractivity contribution is -0.938. The Bertz CT molecular complexity index is 831. The monoisotopic (exact) mass is 458 g/mol. The molecule has 3 heterocycles. The summed E-state index contributed by atoms with van der Waals surface area (Å²) in [5.74, 6) is 0.635. The van der Waals surface area contributed by atoms with E-state index in [-0.39, 0.29) is 30.4 Å². The van der Waals surface area contributed by atoms with Gasteiger partial charge in [-0.2, -0.15) is 0 Å². The molecular weight excluding hydrogens is 431 g/mol. The second-order valence-electron chi connectivity index (χ2n) is 8.23. The number of halogens is 2. The van der Waals surface area contributed by atoms with Crippen molar-refractivity contribution in [2.24, 2.45) is 0 Å². The largest absolute Gasteiger partial charge is 0.484 e. The quantitative estimate of drug-likeness (QED) is 0.612. The van der Waals surface area contributed by atoms with Gasteiger partial charge in [0.05, 0.1) is 32.2 Å². The Labute approximate surface area is 187 Å². The van der Waals surface area contributed by atoms with E-state index in [9.17, 15) is 9.59 Å². The van der Waals surface area contributed by atoms with Gasteiger partial charge in [-0.15, -0.1) is 36.6 Å². The number of Topliss-reactive ketones (excluding diaryl/α,β-unsaturated/α-hetero) is 2. The second kappa shape index (κ2) is 8.98. The Morgan fingerprint density at radius 3 is 2.34 bits per heavy atom. The molecule has 158 valence electrons. The number of hydrogen-bond acceptors (Lipinski definition) is 4. The van der Waals surface area contributed by atoms with Gasteiger partial charge in [-0.05, 0) is 0 Å². The van der Waals surface area contributed by atoms with Crippen molar-refractivity contribution < 1.29 is 24.5 Å². The van der Waals surface area contributed by atoms with E-state index >= 15 is 0 Å². The fourth-order valence-corrected chi connectivity index (χ4v) is 6.29. The van der Waals surface area contributed by atoms with E-state index in [1.165, 1.54) is 37.7 Å². The zero-order valence-corrected chi connectivity index (χ0v) is 18.7. The van der Waals surface area contributed by atoms with Crippen molar-refractivity contribution in [3.8, 4) is 0 Å². The first kappa shape index (κ1) is 22.6. The van der Waals surface area contributed by atoms with Gasteiger partial charge in [-0.3, -0.25) is 9.59 Å². The van der Waals surface area contributed by atoms with Gasteiger partial charge < -0.3 is 15.0 Å². The van der Waals surface area contributed by atoms with Gasteiger partial charge in [0.2, 0.25) is 11.6 Å². The number of allylic oxidation sites excluding steroid dienone is 1. The summed E-state index contributed by atoms with van der Waals surface area (Å²) in [5.41, 5.74) is 1.09. The van der Waals surface area contributed by atoms with E-state index in [4.69, 9.17) is 4.74 Å². The highest BCUT2D eigenvalue weighted by Gasteiger charge is 2.47. The van der Waals surface area contributed by atoms with Crippen LogP contribution in [0.25, 0.3) is 5.76 Å². The molecule has 1 spiro atoms. The molecule has 3 N–H and O–H groups in total. The van der Waals surface area contributed by atoms with Crippen LogP contribution in [-0.2, 0) is 9.53 Å². The van der Waals surface area contributed by atoms with Crippen LogP contribution in [-0.4, -0.2) is 55.1 Å². The Morgan fingerprint density at radius 2 is 1.66 bits per heavy atom. The van der Waals surface area contributed by atoms with Gasteiger partial charge in [-0.25, -0.2) is 0 Å². The Balaban J connectivity index is 0.00000120. The normalized spacial score (nSPS) is 29.3. The van der Waals surface area contributed by atoms with Crippen molar-refractivity contribution in [2.45, 2.75) is 37.3 Å². The summed E-state index contributed by atoms with van der Waals surface area (Å²) in [6.07, 6.45) is 4.68. The first-order valence-electron chi connectivity index (χ1n) is 10.1. The summed E-state index contributed by atoms with van der Waals surface area (Å²) in [6.45, 7) is 4.80. The number of fused-ring (bicyclic) bond motifs is 2. The Hall–Kier alpha value is -1.05. The van der Waals surface area contributed by atoms with Crippen LogP contribution < -0.4 is 10.2 Å². The van der Waals surface area contributed by atoms with Crippen LogP contribution in [0.15, 0.2) is 29.2 Å². The third-order valence-corrected chi connectivity index (χ3v) is 7.98. The highest BCUT2D eigenvalue weighted by Crippen LogP contribution is 2.46. The molecule has 0 bridgehead atoms. The average molecular weight is 459 g/mol. The third kappa shape index (κ3) is 3.98. The average Bonchev–Trinajstić information content (AvgIpc) is 2.73. The van der Waals surface area contributed by atoms with Crippen LogP contribution in [0.3, 0.4) is 0 Å². The number of quaternary nitrogens is 2. The number of thioether (sulfide) groups is 1. The highest BCUT2D eigenvalue weighted by atomic mass is 35.5. The summed E-state index contributed by atoms with van der Waals surface area (Å²) >= 11 is 1.53. The molecule has 0 radical (unpaired) electrons. The number of rotatable bonds is 1. The number of carbonyl (C=O) groups excluding carboxylic acids is 2. The van der Waals surface area contributed by atoms with Gasteiger partial charge in [-0.1, -0.05) is 24.3 Å². The lowest BCUT2D eigenvalue weighted by Gasteiger charge is -2.45. The predicted octanol–water partition coefficient (Wildman–Crippen LogP) is 0.871. The van der Waals surface area contributed by atoms with Crippen molar-refractivity contribution in [1.82, 2.24) is 0 Å². The van der Waals surface area contributed by atoms with Gasteiger partial charge >= 0.3 is 0 Å². The first-order valence-corrected chi connectivity index (χ1v) is 11.1. The number of nitrogens with two attached hydrogens (primary N) is 1. The number of benzene rings is 1. The van der Waals surface area contributed by atoms with Crippen molar-refractivity contribution in [1.29, 1.82) is 0 Å². The first-order chi connectivity index (χ1) is 13.2. The summed E-state index contributed by atoms with van der Waals surface area (Å²) in [6, 6.07) is 8.17. The molecule has 3 aliphatic heterocycles. The minimum Gasteiger partial charge on any atom is -0.484 e. The standard InChI is InChI=1S/C21H24N2O3S.2ClH/c24-17-15-3-1-2-4-16(15)19-20(18(17)25)27-13-21(26-19)7-11-23(12-8-21)14-5-9-22-10-6-14;;/h1-4,14,22H,5-13H2;2*1H/p+2. The van der Waals surface area contributed by atoms with E-state index in [2.05, 4.69) is 5.32 Å². The van der Waals surface area contributed by atoms with Crippen LogP contribution in [0.4, 0.5) is 0 Å². The van der Waals surface area contributed by atoms with Gasteiger partial charge in [0.15, 0.2) is 0 Å². The second-order valence-corrected chi connectivity index (χ2v) is 9.22. The number of likely N-dealkylation sites (tertiary alicyclic amines) is 1. The predicted molar refractivity (Wildman–Crippen MR) is 118 cm³/mol. The van der Waals surface area contributed by atoms with Crippen LogP contribution >= 0.6 is 36.6 Å². The van der Waals surface area contributed by atoms with Gasteiger partial charge in [0, 0.05) is 42.6 Å². The molecule has 0 unspecified atom stereocenters. The molecule has 0 atom stereocenters. The smallest absolute Gasteiger partial charge is 0.243 e. The van der Waals surface area contributed by atoms with E-state index < -0.39 is 11.6 Å². The molecule has 0 amide bonds. The Kier molecular flexibility index (Phi) is 7.01. The zero-order valence-electron chi connectivity index (χ0n) is 16.3. The van der Waals surface area contributed by atoms with Crippen molar-refractivity contribution in [3.05, 3.63) is 40.3 Å². The number of hydrogen-bond donors (Lipinski definition) is 2. The number of ether oxygens (including phenoxy) is 1. The minimum absolute atomic E-state index is 0. The van der Waals surface area contributed by atoms with E-state index in [1.807, 2.05) is 18.2 Å². The molecule has 1 aliphatic carbocycles. The maximum Gasteiger partial charge on any atom is 0.243 e. The number of nitrogens with one attached hydrogen (secondary N) is 1. The van der Waals surface area contributed by atoms with Crippen molar-refractivity contribution >= 4 is 53.9 Å². The van der Waals surface area contributed by atoms with E-state index in [0.29, 0.717) is 16.2 Å². The number of piperidine rings is 2. The summed E-state index contributed by atoms with van der Waals surface area (Å²) in [4.78, 5) is 27.2. The zero-order chi connectivity index (χ0) is 18.4. The van der Waals surface area contributed by atoms with E-state index in [1.54, 1.807) is 11.0 Å². The summed E-state index contributed by atoms with van der Waals surface area (Å²) < 4.78 is 6.57. The molecule has 2 saturated heterocycles. The fraction of sp³-hybridized carbons (Fsp3) is 0.524. The third-order valence-electron chi connectivity index (χ3n) is 6.65. The lowest BCUT2D eigenvalue weighted by atomic mass is 9.89. The maximum atomic E-state index is 12.5. The topological polar surface area (TPSA) is 64.4 Å². The molecule has 1 aromatic carbocycles. The van der Waals surface area contributed by atoms with Crippen LogP contribution in [0.1, 0.15) is 41.6 Å². The molecule has 5 nitrogen and oxygen atoms in total. The minimum atomic E-state index is -0.398. The molecule has 2 fully saturated rings. The van der Waals surface area contributed by atoms with Crippen LogP contribution in [0.5, 0.6) is 0 Å². The maximum absolute atomic E-state index is 12.5. The molecule has 0 saturated carbocycles. The summed E-state index contributed by atoms with van der Waals surface area (Å²) in [7, 11) is 0. The summed E-state index contributed by atoms with van der Waals surface area (Å²) in [5, 5.41) is 2.43. The number of carbonyl (C=O) groups is 2. The highest BCUT2D eigenvalue weighted by molar-refractivity contribution is 8.04. The van der Waals surface area contributed by atoms with Crippen molar-refractivity contribution in [3.63, 3.8) is 0 Å². The van der Waals surface area contributed by atoms with E-state index in [0.717, 1.165) is 43.3 Å². The molecule has 4 aliphatic rings.